The number of sulfone groups is 1. The van der Waals surface area contributed by atoms with Gasteiger partial charge in [0.25, 0.3) is 0 Å². The van der Waals surface area contributed by atoms with E-state index in [-0.39, 0.29) is 232 Å². The number of Topliss-reactive ketones (excluding diaryl/α,β-unsaturated/α-hetero) is 9. The zero-order valence-corrected chi connectivity index (χ0v) is 84.9. The fraction of sp³-hybridized carbons (Fsp3) is 0.450. The second-order valence-electron chi connectivity index (χ2n) is 41.6. The molecule has 20 rings (SSSR count). The van der Waals surface area contributed by atoms with Crippen molar-refractivity contribution in [2.75, 3.05) is 26.3 Å². The van der Waals surface area contributed by atoms with E-state index < -0.39 is 27.5 Å². The van der Waals surface area contributed by atoms with Crippen LogP contribution in [0.5, 0.6) is 0 Å². The van der Waals surface area contributed by atoms with Crippen molar-refractivity contribution in [3.8, 4) is 0 Å². The van der Waals surface area contributed by atoms with Crippen LogP contribution in [0.4, 0.5) is 13.2 Å². The van der Waals surface area contributed by atoms with Crippen molar-refractivity contribution in [1.82, 2.24) is 4.90 Å². The fourth-order valence-corrected chi connectivity index (χ4v) is 22.8. The molecule has 30 heteroatoms. The molecule has 1 unspecified atom stereocenters. The summed E-state index contributed by atoms with van der Waals surface area (Å²) in [6.45, 7) is 35.3. The highest BCUT2D eigenvalue weighted by atomic mass is 35.5. The number of alkyl halides is 3. The van der Waals surface area contributed by atoms with Crippen molar-refractivity contribution in [1.29, 1.82) is 0 Å². The number of carbonyl (C=O) groups is 9. The fourth-order valence-electron chi connectivity index (χ4n) is 18.5. The molecule has 0 aromatic heterocycles. The lowest BCUT2D eigenvalue weighted by Crippen LogP contribution is -2.44. The minimum atomic E-state index is -4.33. The number of carbonyl (C=O) groups excluding carboxylic acids is 9. The number of halogens is 10. The van der Waals surface area contributed by atoms with Crippen molar-refractivity contribution in [3.63, 3.8) is 0 Å². The summed E-state index contributed by atoms with van der Waals surface area (Å²) >= 11 is 43.4. The summed E-state index contributed by atoms with van der Waals surface area (Å²) in [6, 6.07) is 35.5. The van der Waals surface area contributed by atoms with Crippen LogP contribution in [0.2, 0.25) is 35.2 Å². The molecular weight excluding hydrogens is 1970 g/mol. The molecule has 0 bridgehead atoms. The average molecular weight is 2090 g/mol. The van der Waals surface area contributed by atoms with Crippen molar-refractivity contribution in [3.05, 3.63) is 297 Å². The monoisotopic (exact) mass is 2090 g/mol. The van der Waals surface area contributed by atoms with Crippen LogP contribution in [0.1, 0.15) is 264 Å². The SMILES string of the molecule is C.C=C(O)[C@H]1C[C@@H]1C(=O)c1ccc(C(C)(C)C)c(Cl)c1.C=C(O)[C@H]1C[C@@H]1C(=O)c1ccc(C2(C(F)(F)F)CC2)c(Cl)c1.C=C(O)[C@H]1C[C@@H]1C(=O)c1ccc(C2(C)CC2)c(Cl)c1.C=C(O)[C@H]1C[C@@H]1C(=O)c1ccc(C2(C)COC2)c(Cl)c1.C=C(O)[C@H]1C[C@@H]1C(=O)c1ccc(CN2CC2)c(Cl)c1.CC(=O)[C@H]1C[C@@H]1C(=O)c1ccc(C(O)C2CC2)c(Cl)c1.CC(=O)[C@H]1C[C@@H]1C(=O)c1ccc(S(=O)(=O)C2CC2)c(Cl)c1. The molecule has 13 fully saturated rings. The second kappa shape index (κ2) is 42.5. The van der Waals surface area contributed by atoms with Crippen molar-refractivity contribution in [2.45, 2.75) is 203 Å². The smallest absolute Gasteiger partial charge is 0.398 e. The maximum Gasteiger partial charge on any atom is 0.398 e. The average Bonchev–Trinajstić information content (AvgIpc) is 1.57. The van der Waals surface area contributed by atoms with Gasteiger partial charge in [0.2, 0.25) is 0 Å². The first-order valence-corrected chi connectivity index (χ1v) is 51.3. The molecule has 7 aromatic carbocycles. The van der Waals surface area contributed by atoms with Gasteiger partial charge in [-0.25, -0.2) is 8.42 Å². The molecule has 6 N–H and O–H groups in total. The minimum absolute atomic E-state index is 0. The Morgan fingerprint density at radius 2 is 0.723 bits per heavy atom. The Hall–Kier alpha value is -9.08. The summed E-state index contributed by atoms with van der Waals surface area (Å²) in [5, 5.41) is 59.3. The first-order valence-electron chi connectivity index (χ1n) is 47.2. The Balaban J connectivity index is 0.000000138. The first-order chi connectivity index (χ1) is 65.6. The quantitative estimate of drug-likeness (QED) is 0.0138. The number of aliphatic hydroxyl groups excluding tert-OH is 6. The predicted octanol–water partition coefficient (Wildman–Crippen LogP) is 26.7. The Morgan fingerprint density at radius 1 is 0.411 bits per heavy atom. The van der Waals surface area contributed by atoms with Crippen molar-refractivity contribution in [2.24, 2.45) is 88.8 Å². The van der Waals surface area contributed by atoms with Gasteiger partial charge in [0, 0.05) is 177 Å². The van der Waals surface area contributed by atoms with Crippen LogP contribution in [0.3, 0.4) is 0 Å². The Labute approximate surface area is 856 Å². The van der Waals surface area contributed by atoms with Gasteiger partial charge in [-0.15, -0.1) is 0 Å². The Bertz CT molecular complexity index is 6260. The van der Waals surface area contributed by atoms with Gasteiger partial charge in [-0.2, -0.15) is 13.2 Å². The van der Waals surface area contributed by atoms with Crippen LogP contribution in [-0.4, -0.2) is 134 Å². The number of rotatable bonds is 30. The van der Waals surface area contributed by atoms with E-state index in [2.05, 4.69) is 72.4 Å². The normalized spacial score (nSPS) is 25.1. The summed E-state index contributed by atoms with van der Waals surface area (Å²) in [5.41, 5.74) is 6.97. The number of hydrogen-bond acceptors (Lipinski definition) is 19. The van der Waals surface area contributed by atoms with Gasteiger partial charge >= 0.3 is 6.18 Å². The van der Waals surface area contributed by atoms with Crippen LogP contribution < -0.4 is 0 Å². The number of aliphatic hydroxyl groups is 6. The standard InChI is InChI=1S/C16H14ClF3O2.2C16H17ClO3.C16H17ClO2.C16H19ClO2.C15H16ClNO2.C15H15ClO4S.CH4/c1-8(21)10-7-11(10)14(22)9-2-3-12(13(17)6-9)15(4-5-15)16(18,19)20;1-9(18)11-6-12(11)15(19)10-3-4-13(14(17)5-10)16(2)7-20-8-16;1-8(18)12-7-13(12)16(20)10-4-5-11(14(17)6-10)15(19)9-2-3-9;1-9(18)11-8-12(11)15(19)10-3-4-13(14(17)7-10)16(2)5-6-16;1-9(18)11-8-12(11)15(19)10-5-6-13(14(17)7-10)16(2,3)4;1-9(18)12-7-13(12)15(19)10-2-3-11(14(16)6-10)8-17-4-5-17;1-8(17)11-7-12(11)15(18)9-2-5-14(13(16)6-9)21(19,20)10-3-4-10;/h2-3,6,10-11,21H,1,4-5,7H2;3-5,11-12,18H,1,6-8H2,2H3;4-6,9,12-13,15,19H,2-3,7H2,1H3;3-4,7,11-12,18H,1,5-6,8H2,2H3;5-7,11-12,18H,1,8H2,2-4H3;2-3,6,12-13,18H,1,4-5,7-8H2;2,5-6,10-12H,3-4,7H2,1H3;1H4/t10-,11+;11-,12+;12-,13+,15?;2*11-,12+;12-,13+;11-,12+;/m1111111./s1. The maximum absolute atomic E-state index is 13.1. The molecule has 752 valence electrons. The van der Waals surface area contributed by atoms with Gasteiger partial charge in [-0.05, 0) is 209 Å². The summed E-state index contributed by atoms with van der Waals surface area (Å²) in [6.07, 6.45) is 5.41. The number of ketones is 9. The molecule has 0 amide bonds. The Morgan fingerprint density at radius 3 is 0.993 bits per heavy atom. The molecule has 11 aliphatic carbocycles. The molecule has 19 nitrogen and oxygen atoms in total. The van der Waals surface area contributed by atoms with Gasteiger partial charge in [-0.1, -0.05) is 235 Å². The lowest BCUT2D eigenvalue weighted by atomic mass is 9.80. The summed E-state index contributed by atoms with van der Waals surface area (Å²) in [5.74, 6) is -1.50. The number of nitrogens with zero attached hydrogens (tertiary/aromatic N) is 1. The molecule has 2 saturated heterocycles. The third kappa shape index (κ3) is 25.5. The summed E-state index contributed by atoms with van der Waals surface area (Å²) in [7, 11) is -3.37. The molecule has 7 aromatic rings. The van der Waals surface area contributed by atoms with Gasteiger partial charge in [-0.3, -0.25) is 48.1 Å². The van der Waals surface area contributed by atoms with E-state index >= 15 is 0 Å². The van der Waals surface area contributed by atoms with E-state index in [4.69, 9.17) is 85.9 Å². The largest absolute Gasteiger partial charge is 0.513 e. The number of allylic oxidation sites excluding steroid dienone is 5. The molecule has 141 heavy (non-hydrogen) atoms. The molecular formula is C111H119Cl7F3NO18S. The van der Waals surface area contributed by atoms with Crippen LogP contribution in [0, 0.1) is 88.8 Å². The molecule has 2 heterocycles. The van der Waals surface area contributed by atoms with Crippen LogP contribution in [0.15, 0.2) is 194 Å². The van der Waals surface area contributed by atoms with Gasteiger partial charge in [0.15, 0.2) is 50.3 Å². The number of hydrogen-bond donors (Lipinski definition) is 6. The molecule has 15 atom stereocenters. The molecule has 0 spiro atoms. The summed E-state index contributed by atoms with van der Waals surface area (Å²) < 4.78 is 69.0. The van der Waals surface area contributed by atoms with E-state index in [9.17, 15) is 95.4 Å². The molecule has 2 aliphatic heterocycles. The van der Waals surface area contributed by atoms with Crippen LogP contribution >= 0.6 is 81.2 Å². The predicted molar refractivity (Wildman–Crippen MR) is 542 cm³/mol. The molecule has 11 saturated carbocycles. The van der Waals surface area contributed by atoms with Gasteiger partial charge in [0.05, 0.1) is 68.7 Å². The second-order valence-corrected chi connectivity index (χ2v) is 46.6. The van der Waals surface area contributed by atoms with Crippen molar-refractivity contribution < 1.29 is 100 Å². The van der Waals surface area contributed by atoms with E-state index in [1.165, 1.54) is 50.2 Å². The van der Waals surface area contributed by atoms with E-state index in [0.717, 1.165) is 67.6 Å². The Kier molecular flexibility index (Phi) is 32.9. The van der Waals surface area contributed by atoms with Gasteiger partial charge in [0.1, 0.15) is 11.6 Å². The highest BCUT2D eigenvalue weighted by molar-refractivity contribution is 7.92. The van der Waals surface area contributed by atoms with Crippen LogP contribution in [0.25, 0.3) is 0 Å². The first kappa shape index (κ1) is 109. The zero-order valence-electron chi connectivity index (χ0n) is 78.8. The third-order valence-electron chi connectivity index (χ3n) is 29.3. The number of benzene rings is 7. The number of ether oxygens (including phenoxy) is 1. The van der Waals surface area contributed by atoms with E-state index in [0.29, 0.717) is 141 Å². The third-order valence-corrected chi connectivity index (χ3v) is 33.9. The molecule has 0 radical (unpaired) electrons. The lowest BCUT2D eigenvalue weighted by molar-refractivity contribution is -0.160. The maximum atomic E-state index is 13.1. The van der Waals surface area contributed by atoms with Crippen LogP contribution in [-0.2, 0) is 52.4 Å². The summed E-state index contributed by atoms with van der Waals surface area (Å²) in [4.78, 5) is 110. The lowest BCUT2D eigenvalue weighted by Gasteiger charge is -2.39. The molecule has 13 aliphatic rings. The highest BCUT2D eigenvalue weighted by Gasteiger charge is 2.65. The van der Waals surface area contributed by atoms with Crippen molar-refractivity contribution >= 4 is 143 Å². The zero-order chi connectivity index (χ0) is 102. The van der Waals surface area contributed by atoms with E-state index in [1.807, 2.05) is 48.5 Å². The van der Waals surface area contributed by atoms with Gasteiger partial charge < -0.3 is 35.4 Å². The minimum Gasteiger partial charge on any atom is -0.513 e. The highest BCUT2D eigenvalue weighted by Crippen LogP contribution is 2.61. The van der Waals surface area contributed by atoms with E-state index in [1.54, 1.807) is 42.5 Å². The topological polar surface area (TPSA) is 321 Å².